The quantitative estimate of drug-likeness (QED) is 0.514. The smallest absolute Gasteiger partial charge is 0.358 e. The largest absolute Gasteiger partial charge is 0.476 e. The lowest BCUT2D eigenvalue weighted by Gasteiger charge is -2.11. The number of aromatic carboxylic acids is 1. The number of amides is 4. The van der Waals surface area contributed by atoms with Gasteiger partial charge in [0.1, 0.15) is 0 Å². The van der Waals surface area contributed by atoms with Crippen LogP contribution in [0, 0.1) is 0 Å². The van der Waals surface area contributed by atoms with E-state index in [1.807, 2.05) is 0 Å². The van der Waals surface area contributed by atoms with Crippen LogP contribution in [0.15, 0.2) is 6.20 Å². The maximum absolute atomic E-state index is 11.5. The number of hydrogen-bond donors (Lipinski definition) is 1. The molecule has 0 atom stereocenters. The van der Waals surface area contributed by atoms with Gasteiger partial charge in [-0.15, -0.1) is 5.10 Å². The van der Waals surface area contributed by atoms with E-state index >= 15 is 0 Å². The highest BCUT2D eigenvalue weighted by atomic mass is 16.4. The first-order valence-corrected chi connectivity index (χ1v) is 5.18. The van der Waals surface area contributed by atoms with Crippen LogP contribution < -0.4 is 0 Å². The summed E-state index contributed by atoms with van der Waals surface area (Å²) in [5.41, 5.74) is -0.243. The van der Waals surface area contributed by atoms with Crippen molar-refractivity contribution in [1.82, 2.24) is 24.8 Å². The molecule has 1 saturated heterocycles. The van der Waals surface area contributed by atoms with Gasteiger partial charge in [0.05, 0.1) is 19.3 Å². The van der Waals surface area contributed by atoms with Crippen LogP contribution in [0.25, 0.3) is 0 Å². The van der Waals surface area contributed by atoms with E-state index in [0.717, 1.165) is 4.90 Å². The molecule has 1 aliphatic heterocycles. The summed E-state index contributed by atoms with van der Waals surface area (Å²) in [5.74, 6) is -3.03. The molecule has 0 bridgehead atoms. The van der Waals surface area contributed by atoms with E-state index in [4.69, 9.17) is 5.11 Å². The minimum atomic E-state index is -1.23. The number of rotatable bonds is 4. The van der Waals surface area contributed by atoms with Crippen molar-refractivity contribution in [3.05, 3.63) is 11.9 Å². The van der Waals surface area contributed by atoms with Gasteiger partial charge in [0.25, 0.3) is 0 Å². The predicted molar refractivity (Wildman–Crippen MR) is 56.9 cm³/mol. The Balaban J connectivity index is 2.02. The standard InChI is InChI=1S/C9H9N5O5/c1-12-6(15)7(16)14(9(12)19)3-2-13-4-5(8(17)18)10-11-13/h4H,2-3H2,1H3,(H,17,18). The third kappa shape index (κ3) is 2.14. The number of aromatic nitrogens is 3. The zero-order chi connectivity index (χ0) is 14.2. The molecule has 2 heterocycles. The first-order valence-electron chi connectivity index (χ1n) is 5.18. The molecule has 10 nitrogen and oxygen atoms in total. The van der Waals surface area contributed by atoms with Crippen molar-refractivity contribution in [1.29, 1.82) is 0 Å². The molecule has 19 heavy (non-hydrogen) atoms. The molecule has 1 fully saturated rings. The number of hydrogen-bond acceptors (Lipinski definition) is 6. The average Bonchev–Trinajstić information content (AvgIpc) is 2.91. The van der Waals surface area contributed by atoms with E-state index < -0.39 is 23.8 Å². The Hall–Kier alpha value is -2.78. The van der Waals surface area contributed by atoms with Gasteiger partial charge in [0.15, 0.2) is 5.69 Å². The Morgan fingerprint density at radius 1 is 1.26 bits per heavy atom. The summed E-state index contributed by atoms with van der Waals surface area (Å²) in [6.45, 7) is -0.0327. The van der Waals surface area contributed by atoms with Gasteiger partial charge >= 0.3 is 23.8 Å². The van der Waals surface area contributed by atoms with Crippen molar-refractivity contribution in [2.75, 3.05) is 13.6 Å². The fraction of sp³-hybridized carbons (Fsp3) is 0.333. The van der Waals surface area contributed by atoms with E-state index in [9.17, 15) is 19.2 Å². The zero-order valence-corrected chi connectivity index (χ0v) is 9.81. The zero-order valence-electron chi connectivity index (χ0n) is 9.81. The summed E-state index contributed by atoms with van der Waals surface area (Å²) < 4.78 is 1.17. The van der Waals surface area contributed by atoms with Gasteiger partial charge < -0.3 is 5.11 Å². The summed E-state index contributed by atoms with van der Waals surface area (Å²) in [6.07, 6.45) is 1.17. The number of carbonyl (C=O) groups excluding carboxylic acids is 3. The number of nitrogens with zero attached hydrogens (tertiary/aromatic N) is 5. The van der Waals surface area contributed by atoms with Gasteiger partial charge in [-0.25, -0.2) is 14.3 Å². The molecule has 4 amide bonds. The number of imide groups is 2. The van der Waals surface area contributed by atoms with Crippen LogP contribution in [0.3, 0.4) is 0 Å². The van der Waals surface area contributed by atoms with Gasteiger partial charge in [-0.05, 0) is 0 Å². The van der Waals surface area contributed by atoms with Crippen LogP contribution in [0.4, 0.5) is 4.79 Å². The molecule has 100 valence electrons. The van der Waals surface area contributed by atoms with E-state index in [-0.39, 0.29) is 18.8 Å². The third-order valence-corrected chi connectivity index (χ3v) is 2.56. The van der Waals surface area contributed by atoms with Gasteiger partial charge in [-0.1, -0.05) is 5.21 Å². The molecular formula is C9H9N5O5. The van der Waals surface area contributed by atoms with E-state index in [2.05, 4.69) is 10.3 Å². The monoisotopic (exact) mass is 267 g/mol. The van der Waals surface area contributed by atoms with E-state index in [0.29, 0.717) is 4.90 Å². The highest BCUT2D eigenvalue weighted by Crippen LogP contribution is 2.09. The Kier molecular flexibility index (Phi) is 2.99. The molecule has 1 aromatic heterocycles. The van der Waals surface area contributed by atoms with Gasteiger partial charge in [-0.3, -0.25) is 19.4 Å². The van der Waals surface area contributed by atoms with Crippen molar-refractivity contribution in [3.8, 4) is 0 Å². The predicted octanol–water partition coefficient (Wildman–Crippen LogP) is -1.60. The van der Waals surface area contributed by atoms with Gasteiger partial charge in [0.2, 0.25) is 0 Å². The van der Waals surface area contributed by atoms with Crippen molar-refractivity contribution < 1.29 is 24.3 Å². The van der Waals surface area contributed by atoms with Crippen LogP contribution in [0.5, 0.6) is 0 Å². The van der Waals surface area contributed by atoms with E-state index in [1.54, 1.807) is 0 Å². The molecular weight excluding hydrogens is 258 g/mol. The minimum Gasteiger partial charge on any atom is -0.476 e. The second kappa shape index (κ2) is 4.48. The van der Waals surface area contributed by atoms with Gasteiger partial charge in [0, 0.05) is 7.05 Å². The maximum Gasteiger partial charge on any atom is 0.358 e. The summed E-state index contributed by atoms with van der Waals surface area (Å²) in [5, 5.41) is 15.5. The topological polar surface area (TPSA) is 126 Å². The number of urea groups is 1. The average molecular weight is 267 g/mol. The van der Waals surface area contributed by atoms with Crippen molar-refractivity contribution >= 4 is 23.8 Å². The molecule has 0 unspecified atom stereocenters. The number of carboxylic acid groups (broad SMARTS) is 1. The third-order valence-electron chi connectivity index (χ3n) is 2.56. The van der Waals surface area contributed by atoms with Crippen LogP contribution in [0.1, 0.15) is 10.5 Å². The molecule has 0 radical (unpaired) electrons. The summed E-state index contributed by atoms with van der Waals surface area (Å²) in [6, 6.07) is -0.714. The first-order chi connectivity index (χ1) is 8.91. The SMILES string of the molecule is CN1C(=O)C(=O)N(CCn2cc(C(=O)O)nn2)C1=O. The molecule has 0 aliphatic carbocycles. The normalized spacial score (nSPS) is 15.5. The molecule has 0 saturated carbocycles. The molecule has 10 heteroatoms. The number of carboxylic acids is 1. The highest BCUT2D eigenvalue weighted by molar-refractivity contribution is 6.44. The minimum absolute atomic E-state index is 0.0544. The van der Waals surface area contributed by atoms with Crippen LogP contribution in [-0.2, 0) is 16.1 Å². The van der Waals surface area contributed by atoms with Crippen LogP contribution >= 0.6 is 0 Å². The second-order valence-electron chi connectivity index (χ2n) is 3.78. The Bertz CT molecular complexity index is 579. The first kappa shape index (κ1) is 12.7. The molecule has 2 rings (SSSR count). The van der Waals surface area contributed by atoms with Crippen molar-refractivity contribution in [3.63, 3.8) is 0 Å². The Labute approximate surface area is 106 Å². The summed E-state index contributed by atoms with van der Waals surface area (Å²) in [7, 11) is 1.21. The lowest BCUT2D eigenvalue weighted by Crippen LogP contribution is -2.34. The van der Waals surface area contributed by atoms with Crippen LogP contribution in [-0.4, -0.2) is 67.3 Å². The molecule has 1 N–H and O–H groups in total. The lowest BCUT2D eigenvalue weighted by atomic mass is 10.4. The number of likely N-dealkylation sites (N-methyl/N-ethyl adjacent to an activating group) is 1. The maximum atomic E-state index is 11.5. The fourth-order valence-corrected chi connectivity index (χ4v) is 1.52. The molecule has 0 spiro atoms. The number of carbonyl (C=O) groups is 4. The van der Waals surface area contributed by atoms with Crippen molar-refractivity contribution in [2.24, 2.45) is 0 Å². The second-order valence-corrected chi connectivity index (χ2v) is 3.78. The molecule has 1 aliphatic rings. The lowest BCUT2D eigenvalue weighted by molar-refractivity contribution is -0.142. The Morgan fingerprint density at radius 2 is 1.95 bits per heavy atom. The highest BCUT2D eigenvalue weighted by Gasteiger charge is 2.41. The summed E-state index contributed by atoms with van der Waals surface area (Å²) >= 11 is 0. The van der Waals surface area contributed by atoms with Crippen LogP contribution in [0.2, 0.25) is 0 Å². The fourth-order valence-electron chi connectivity index (χ4n) is 1.52. The van der Waals surface area contributed by atoms with Gasteiger partial charge in [-0.2, -0.15) is 0 Å². The van der Waals surface area contributed by atoms with E-state index in [1.165, 1.54) is 17.9 Å². The summed E-state index contributed by atoms with van der Waals surface area (Å²) in [4.78, 5) is 46.3. The molecule has 0 aromatic carbocycles. The van der Waals surface area contributed by atoms with Crippen molar-refractivity contribution in [2.45, 2.75) is 6.54 Å². The Morgan fingerprint density at radius 3 is 2.42 bits per heavy atom. The molecule has 1 aromatic rings.